The summed E-state index contributed by atoms with van der Waals surface area (Å²) in [6.07, 6.45) is 1.69. The molecule has 72 valence electrons. The standard InChI is InChI=1S/C7H14FNO2S/c8-6-12(10,11)5-7-1-3-9-4-2-7/h7,9H,1-6H2. The Morgan fingerprint density at radius 1 is 1.33 bits per heavy atom. The molecule has 0 spiro atoms. The Balaban J connectivity index is 2.39. The van der Waals surface area contributed by atoms with Crippen LogP contribution in [0, 0.1) is 5.92 Å². The van der Waals surface area contributed by atoms with Gasteiger partial charge < -0.3 is 5.32 Å². The summed E-state index contributed by atoms with van der Waals surface area (Å²) < 4.78 is 33.7. The Morgan fingerprint density at radius 3 is 2.42 bits per heavy atom. The van der Waals surface area contributed by atoms with Crippen molar-refractivity contribution in [1.82, 2.24) is 5.32 Å². The molecule has 1 heterocycles. The molecule has 0 atom stereocenters. The Morgan fingerprint density at radius 2 is 1.92 bits per heavy atom. The summed E-state index contributed by atoms with van der Waals surface area (Å²) in [5.74, 6) is 0.178. The van der Waals surface area contributed by atoms with Gasteiger partial charge >= 0.3 is 0 Å². The highest BCUT2D eigenvalue weighted by Crippen LogP contribution is 2.14. The lowest BCUT2D eigenvalue weighted by atomic mass is 10.0. The minimum atomic E-state index is -3.41. The molecule has 0 aliphatic carbocycles. The summed E-state index contributed by atoms with van der Waals surface area (Å²) in [5, 5.41) is 3.13. The molecule has 1 fully saturated rings. The molecular weight excluding hydrogens is 181 g/mol. The Bertz CT molecular complexity index is 222. The smallest absolute Gasteiger partial charge is 0.190 e. The van der Waals surface area contributed by atoms with Crippen molar-refractivity contribution >= 4 is 9.84 Å². The largest absolute Gasteiger partial charge is 0.317 e. The van der Waals surface area contributed by atoms with Gasteiger partial charge in [-0.05, 0) is 31.8 Å². The van der Waals surface area contributed by atoms with Gasteiger partial charge in [-0.25, -0.2) is 12.8 Å². The lowest BCUT2D eigenvalue weighted by Crippen LogP contribution is -2.31. The first-order valence-electron chi connectivity index (χ1n) is 4.11. The molecule has 0 aromatic carbocycles. The molecule has 12 heavy (non-hydrogen) atoms. The second-order valence-corrected chi connectivity index (χ2v) is 5.25. The summed E-state index contributed by atoms with van der Waals surface area (Å²) >= 11 is 0. The van der Waals surface area contributed by atoms with E-state index in [0.717, 1.165) is 25.9 Å². The zero-order valence-corrected chi connectivity index (χ0v) is 7.74. The van der Waals surface area contributed by atoms with Crippen LogP contribution < -0.4 is 5.32 Å². The van der Waals surface area contributed by atoms with E-state index < -0.39 is 15.8 Å². The average molecular weight is 195 g/mol. The second-order valence-electron chi connectivity index (χ2n) is 3.21. The number of nitrogens with one attached hydrogen (secondary N) is 1. The third-order valence-electron chi connectivity index (χ3n) is 2.11. The van der Waals surface area contributed by atoms with Crippen LogP contribution in [-0.4, -0.2) is 33.3 Å². The summed E-state index contributed by atoms with van der Waals surface area (Å²) in [6, 6.07) is -1.21. The van der Waals surface area contributed by atoms with Crippen LogP contribution in [0.5, 0.6) is 0 Å². The van der Waals surface area contributed by atoms with E-state index in [1.54, 1.807) is 0 Å². The van der Waals surface area contributed by atoms with E-state index in [0.29, 0.717) is 0 Å². The van der Waals surface area contributed by atoms with Gasteiger partial charge in [0.25, 0.3) is 0 Å². The fourth-order valence-corrected chi connectivity index (χ4v) is 2.59. The van der Waals surface area contributed by atoms with Crippen molar-refractivity contribution < 1.29 is 12.8 Å². The van der Waals surface area contributed by atoms with E-state index >= 15 is 0 Å². The monoisotopic (exact) mass is 195 g/mol. The number of rotatable bonds is 3. The molecule has 3 nitrogen and oxygen atoms in total. The van der Waals surface area contributed by atoms with Gasteiger partial charge in [-0.15, -0.1) is 0 Å². The zero-order chi connectivity index (χ0) is 9.03. The van der Waals surface area contributed by atoms with Crippen molar-refractivity contribution in [3.8, 4) is 0 Å². The molecule has 1 aliphatic rings. The third-order valence-corrected chi connectivity index (χ3v) is 3.43. The number of alkyl halides is 1. The van der Waals surface area contributed by atoms with Gasteiger partial charge in [-0.1, -0.05) is 0 Å². The lowest BCUT2D eigenvalue weighted by molar-refractivity contribution is 0.399. The fourth-order valence-electron chi connectivity index (χ4n) is 1.45. The van der Waals surface area contributed by atoms with Crippen LogP contribution in [0.3, 0.4) is 0 Å². The predicted octanol–water partition coefficient (Wildman–Crippen LogP) is 0.328. The predicted molar refractivity (Wildman–Crippen MR) is 45.4 cm³/mol. The van der Waals surface area contributed by atoms with Crippen LogP contribution in [0.2, 0.25) is 0 Å². The first-order valence-corrected chi connectivity index (χ1v) is 5.93. The van der Waals surface area contributed by atoms with Crippen LogP contribution in [0.15, 0.2) is 0 Å². The Kier molecular flexibility index (Phi) is 3.46. The van der Waals surface area contributed by atoms with E-state index in [1.165, 1.54) is 0 Å². The van der Waals surface area contributed by atoms with Crippen LogP contribution >= 0.6 is 0 Å². The summed E-state index contributed by atoms with van der Waals surface area (Å²) in [4.78, 5) is 0. The van der Waals surface area contributed by atoms with Crippen molar-refractivity contribution in [1.29, 1.82) is 0 Å². The molecular formula is C7H14FNO2S. The molecule has 0 saturated carbocycles. The number of piperidine rings is 1. The molecule has 0 unspecified atom stereocenters. The quantitative estimate of drug-likeness (QED) is 0.706. The number of halogens is 1. The third kappa shape index (κ3) is 3.06. The molecule has 0 bridgehead atoms. The van der Waals surface area contributed by atoms with E-state index in [1.807, 2.05) is 0 Å². The lowest BCUT2D eigenvalue weighted by Gasteiger charge is -2.21. The molecule has 0 aromatic rings. The highest BCUT2D eigenvalue weighted by atomic mass is 32.2. The number of hydrogen-bond acceptors (Lipinski definition) is 3. The molecule has 1 N–H and O–H groups in total. The van der Waals surface area contributed by atoms with Gasteiger partial charge in [-0.2, -0.15) is 0 Å². The van der Waals surface area contributed by atoms with Gasteiger partial charge in [0.05, 0.1) is 5.75 Å². The van der Waals surface area contributed by atoms with Crippen molar-refractivity contribution in [3.63, 3.8) is 0 Å². The first-order chi connectivity index (χ1) is 5.64. The number of sulfone groups is 1. The molecule has 1 rings (SSSR count). The van der Waals surface area contributed by atoms with E-state index in [4.69, 9.17) is 0 Å². The molecule has 1 saturated heterocycles. The van der Waals surface area contributed by atoms with Crippen LogP contribution in [0.25, 0.3) is 0 Å². The van der Waals surface area contributed by atoms with E-state index in [9.17, 15) is 12.8 Å². The Hall–Kier alpha value is -0.160. The van der Waals surface area contributed by atoms with Crippen molar-refractivity contribution in [3.05, 3.63) is 0 Å². The molecule has 0 aromatic heterocycles. The zero-order valence-electron chi connectivity index (χ0n) is 6.92. The summed E-state index contributed by atoms with van der Waals surface area (Å²) in [5.41, 5.74) is 0. The van der Waals surface area contributed by atoms with E-state index in [-0.39, 0.29) is 11.7 Å². The SMILES string of the molecule is O=S(=O)(CF)CC1CCNCC1. The molecule has 0 radical (unpaired) electrons. The Labute approximate surface area is 72.3 Å². The maximum Gasteiger partial charge on any atom is 0.190 e. The van der Waals surface area contributed by atoms with Crippen LogP contribution in [0.4, 0.5) is 4.39 Å². The minimum Gasteiger partial charge on any atom is -0.317 e. The van der Waals surface area contributed by atoms with Crippen molar-refractivity contribution in [2.45, 2.75) is 12.8 Å². The highest BCUT2D eigenvalue weighted by Gasteiger charge is 2.20. The fraction of sp³-hybridized carbons (Fsp3) is 1.00. The summed E-state index contributed by atoms with van der Waals surface area (Å²) in [7, 11) is -3.41. The van der Waals surface area contributed by atoms with Crippen molar-refractivity contribution in [2.75, 3.05) is 24.8 Å². The van der Waals surface area contributed by atoms with Crippen LogP contribution in [0.1, 0.15) is 12.8 Å². The second kappa shape index (κ2) is 4.18. The number of hydrogen-bond donors (Lipinski definition) is 1. The topological polar surface area (TPSA) is 46.2 Å². The van der Waals surface area contributed by atoms with Gasteiger partial charge in [0.2, 0.25) is 0 Å². The maximum atomic E-state index is 11.9. The first kappa shape index (κ1) is 9.92. The van der Waals surface area contributed by atoms with Gasteiger partial charge in [0.1, 0.15) is 0 Å². The highest BCUT2D eigenvalue weighted by molar-refractivity contribution is 7.91. The van der Waals surface area contributed by atoms with Gasteiger partial charge in [-0.3, -0.25) is 0 Å². The van der Waals surface area contributed by atoms with Gasteiger partial charge in [0, 0.05) is 0 Å². The average Bonchev–Trinajstić information content (AvgIpc) is 2.06. The summed E-state index contributed by atoms with van der Waals surface area (Å²) in [6.45, 7) is 1.71. The maximum absolute atomic E-state index is 11.9. The van der Waals surface area contributed by atoms with E-state index in [2.05, 4.69) is 5.32 Å². The minimum absolute atomic E-state index is 0.0190. The van der Waals surface area contributed by atoms with Gasteiger partial charge in [0.15, 0.2) is 15.8 Å². The molecule has 0 amide bonds. The molecule has 5 heteroatoms. The van der Waals surface area contributed by atoms with Crippen LogP contribution in [-0.2, 0) is 9.84 Å². The molecule has 1 aliphatic heterocycles. The normalized spacial score (nSPS) is 21.1. The van der Waals surface area contributed by atoms with Crippen molar-refractivity contribution in [2.24, 2.45) is 5.92 Å².